The number of aryl methyl sites for hydroxylation is 2. The third-order valence-corrected chi connectivity index (χ3v) is 5.82. The van der Waals surface area contributed by atoms with Gasteiger partial charge in [0.15, 0.2) is 17.3 Å². The topological polar surface area (TPSA) is 97.0 Å². The molecule has 2 fully saturated rings. The van der Waals surface area contributed by atoms with E-state index in [1.165, 1.54) is 0 Å². The number of imide groups is 1. The first kappa shape index (κ1) is 18.2. The maximum atomic E-state index is 12.8. The van der Waals surface area contributed by atoms with Gasteiger partial charge in [-0.25, -0.2) is 4.98 Å². The van der Waals surface area contributed by atoms with Crippen molar-refractivity contribution in [2.75, 3.05) is 11.4 Å². The first-order valence-electron chi connectivity index (χ1n) is 9.70. The SMILES string of the molecule is CCCN(c1oc(C)nc1CC)C12OC(C)(N=C1CC)C1C(=O)NC(=O)C12. The molecule has 1 aromatic heterocycles. The monoisotopic (exact) mass is 374 g/mol. The molecule has 3 aliphatic rings. The van der Waals surface area contributed by atoms with Crippen molar-refractivity contribution in [3.63, 3.8) is 0 Å². The Kier molecular flexibility index (Phi) is 3.96. The highest BCUT2D eigenvalue weighted by atomic mass is 16.6. The molecule has 0 radical (unpaired) electrons. The number of hydrogen-bond acceptors (Lipinski definition) is 7. The van der Waals surface area contributed by atoms with E-state index in [0.29, 0.717) is 31.2 Å². The van der Waals surface area contributed by atoms with Crippen molar-refractivity contribution >= 4 is 23.4 Å². The third kappa shape index (κ3) is 2.19. The van der Waals surface area contributed by atoms with Crippen LogP contribution in [0.1, 0.15) is 52.1 Å². The van der Waals surface area contributed by atoms with Crippen molar-refractivity contribution in [3.05, 3.63) is 11.6 Å². The average molecular weight is 374 g/mol. The number of oxazole rings is 1. The van der Waals surface area contributed by atoms with E-state index in [2.05, 4.69) is 17.2 Å². The zero-order valence-corrected chi connectivity index (χ0v) is 16.5. The number of nitrogens with zero attached hydrogens (tertiary/aromatic N) is 3. The van der Waals surface area contributed by atoms with E-state index in [4.69, 9.17) is 14.1 Å². The second-order valence-corrected chi connectivity index (χ2v) is 7.56. The number of amides is 2. The van der Waals surface area contributed by atoms with Crippen LogP contribution in [0.4, 0.5) is 5.88 Å². The molecule has 4 atom stereocenters. The Labute approximate surface area is 158 Å². The van der Waals surface area contributed by atoms with Crippen LogP contribution in [0.5, 0.6) is 0 Å². The third-order valence-electron chi connectivity index (χ3n) is 5.82. The summed E-state index contributed by atoms with van der Waals surface area (Å²) >= 11 is 0. The fraction of sp³-hybridized carbons (Fsp3) is 0.684. The van der Waals surface area contributed by atoms with Gasteiger partial charge >= 0.3 is 0 Å². The van der Waals surface area contributed by atoms with E-state index < -0.39 is 23.3 Å². The molecular formula is C19H26N4O4. The van der Waals surface area contributed by atoms with E-state index in [1.807, 2.05) is 25.7 Å². The molecule has 0 spiro atoms. The Balaban J connectivity index is 1.93. The van der Waals surface area contributed by atoms with Gasteiger partial charge < -0.3 is 14.1 Å². The summed E-state index contributed by atoms with van der Waals surface area (Å²) in [6.45, 7) is 10.3. The van der Waals surface area contributed by atoms with E-state index in [9.17, 15) is 9.59 Å². The summed E-state index contributed by atoms with van der Waals surface area (Å²) in [7, 11) is 0. The Bertz CT molecular complexity index is 847. The number of carbonyl (C=O) groups is 2. The van der Waals surface area contributed by atoms with Gasteiger partial charge in [-0.1, -0.05) is 20.8 Å². The lowest BCUT2D eigenvalue weighted by atomic mass is 9.77. The summed E-state index contributed by atoms with van der Waals surface area (Å²) in [6.07, 6.45) is 2.13. The fourth-order valence-electron chi connectivity index (χ4n) is 4.91. The molecule has 8 nitrogen and oxygen atoms in total. The van der Waals surface area contributed by atoms with Crippen LogP contribution >= 0.6 is 0 Å². The highest BCUT2D eigenvalue weighted by molar-refractivity contribution is 6.13. The van der Waals surface area contributed by atoms with E-state index in [0.717, 1.165) is 17.8 Å². The molecule has 1 aromatic rings. The quantitative estimate of drug-likeness (QED) is 0.765. The second kappa shape index (κ2) is 5.89. The number of rotatable bonds is 6. The number of carbonyl (C=O) groups excluding carboxylic acids is 2. The number of aliphatic imine (C=N–C) groups is 1. The summed E-state index contributed by atoms with van der Waals surface area (Å²) in [5.41, 5.74) is -0.562. The van der Waals surface area contributed by atoms with Crippen LogP contribution < -0.4 is 10.2 Å². The van der Waals surface area contributed by atoms with Crippen molar-refractivity contribution < 1.29 is 18.7 Å². The number of anilines is 1. The first-order chi connectivity index (χ1) is 12.8. The van der Waals surface area contributed by atoms with Crippen molar-refractivity contribution in [1.82, 2.24) is 10.3 Å². The summed E-state index contributed by atoms with van der Waals surface area (Å²) in [4.78, 5) is 36.6. The Morgan fingerprint density at radius 3 is 2.48 bits per heavy atom. The van der Waals surface area contributed by atoms with E-state index in [1.54, 1.807) is 6.92 Å². The molecule has 27 heavy (non-hydrogen) atoms. The second-order valence-electron chi connectivity index (χ2n) is 7.56. The Hall–Kier alpha value is -2.22. The molecule has 0 saturated carbocycles. The predicted molar refractivity (Wildman–Crippen MR) is 98.3 cm³/mol. The molecule has 2 bridgehead atoms. The van der Waals surface area contributed by atoms with Crippen molar-refractivity contribution in [2.24, 2.45) is 16.8 Å². The standard InChI is InChI=1S/C19H26N4O4/c1-6-9-23(17-11(7-2)20-10(4)26-17)19-12(8-3)22-18(5,27-19)13-14(19)16(25)21-15(13)24/h13-14H,6-9H2,1-5H3,(H,21,24,25). The van der Waals surface area contributed by atoms with Gasteiger partial charge in [0.25, 0.3) is 0 Å². The molecule has 4 rings (SSSR count). The summed E-state index contributed by atoms with van der Waals surface area (Å²) in [6, 6.07) is 0. The molecule has 8 heteroatoms. The Morgan fingerprint density at radius 1 is 1.15 bits per heavy atom. The fourth-order valence-corrected chi connectivity index (χ4v) is 4.91. The smallest absolute Gasteiger partial charge is 0.235 e. The van der Waals surface area contributed by atoms with Gasteiger partial charge in [-0.15, -0.1) is 0 Å². The van der Waals surface area contributed by atoms with Crippen molar-refractivity contribution in [1.29, 1.82) is 0 Å². The lowest BCUT2D eigenvalue weighted by Gasteiger charge is -2.42. The number of aromatic nitrogens is 1. The zero-order chi connectivity index (χ0) is 19.6. The minimum absolute atomic E-state index is 0.301. The van der Waals surface area contributed by atoms with Gasteiger partial charge in [0, 0.05) is 13.5 Å². The number of hydrogen-bond donors (Lipinski definition) is 1. The maximum Gasteiger partial charge on any atom is 0.235 e. The molecule has 2 saturated heterocycles. The van der Waals surface area contributed by atoms with Crippen LogP contribution in [-0.2, 0) is 20.7 Å². The van der Waals surface area contributed by atoms with Gasteiger partial charge in [0.05, 0.1) is 5.71 Å². The maximum absolute atomic E-state index is 12.8. The van der Waals surface area contributed by atoms with Gasteiger partial charge in [-0.3, -0.25) is 19.9 Å². The van der Waals surface area contributed by atoms with Crippen molar-refractivity contribution in [3.8, 4) is 0 Å². The van der Waals surface area contributed by atoms with Crippen LogP contribution in [0.25, 0.3) is 0 Å². The summed E-state index contributed by atoms with van der Waals surface area (Å²) in [5, 5.41) is 2.49. The van der Waals surface area contributed by atoms with Crippen LogP contribution in [0.2, 0.25) is 0 Å². The van der Waals surface area contributed by atoms with Gasteiger partial charge in [-0.05, 0) is 26.2 Å². The predicted octanol–water partition coefficient (Wildman–Crippen LogP) is 1.96. The summed E-state index contributed by atoms with van der Waals surface area (Å²) < 4.78 is 12.5. The molecular weight excluding hydrogens is 348 g/mol. The van der Waals surface area contributed by atoms with Gasteiger partial charge in [0.2, 0.25) is 17.7 Å². The normalized spacial score (nSPS) is 34.0. The number of nitrogens with one attached hydrogen (secondary N) is 1. The van der Waals surface area contributed by atoms with Crippen LogP contribution in [0.3, 0.4) is 0 Å². The Morgan fingerprint density at radius 2 is 1.85 bits per heavy atom. The zero-order valence-electron chi connectivity index (χ0n) is 16.5. The molecule has 4 heterocycles. The first-order valence-corrected chi connectivity index (χ1v) is 9.70. The molecule has 0 aliphatic carbocycles. The number of fused-ring (bicyclic) bond motifs is 5. The summed E-state index contributed by atoms with van der Waals surface area (Å²) in [5.74, 6) is -0.719. The molecule has 4 unspecified atom stereocenters. The minimum atomic E-state index is -1.11. The van der Waals surface area contributed by atoms with E-state index >= 15 is 0 Å². The van der Waals surface area contributed by atoms with Gasteiger partial charge in [0.1, 0.15) is 17.5 Å². The van der Waals surface area contributed by atoms with Crippen molar-refractivity contribution in [2.45, 2.75) is 65.3 Å². The molecule has 3 aliphatic heterocycles. The average Bonchev–Trinajstić information content (AvgIpc) is 3.31. The largest absolute Gasteiger partial charge is 0.425 e. The molecule has 1 N–H and O–H groups in total. The van der Waals surface area contributed by atoms with Crippen LogP contribution in [0.15, 0.2) is 9.41 Å². The highest BCUT2D eigenvalue weighted by Crippen LogP contribution is 2.58. The lowest BCUT2D eigenvalue weighted by Crippen LogP contribution is -2.60. The number of ether oxygens (including phenoxy) is 1. The van der Waals surface area contributed by atoms with Crippen LogP contribution in [0, 0.1) is 18.8 Å². The molecule has 146 valence electrons. The molecule has 0 aromatic carbocycles. The highest BCUT2D eigenvalue weighted by Gasteiger charge is 2.76. The molecule has 2 amide bonds. The van der Waals surface area contributed by atoms with E-state index in [-0.39, 0.29) is 11.8 Å². The lowest BCUT2D eigenvalue weighted by molar-refractivity contribution is -0.133. The van der Waals surface area contributed by atoms with Crippen LogP contribution in [-0.4, -0.2) is 40.5 Å². The van der Waals surface area contributed by atoms with Gasteiger partial charge in [-0.2, -0.15) is 0 Å². The minimum Gasteiger partial charge on any atom is -0.425 e.